The maximum atomic E-state index is 11.6. The summed E-state index contributed by atoms with van der Waals surface area (Å²) in [5.41, 5.74) is 0. The van der Waals surface area contributed by atoms with Crippen LogP contribution in [0.2, 0.25) is 0 Å². The van der Waals surface area contributed by atoms with Crippen molar-refractivity contribution in [3.05, 3.63) is 0 Å². The molecule has 1 atom stereocenters. The summed E-state index contributed by atoms with van der Waals surface area (Å²) in [4.78, 5) is 13.9. The molecule has 0 bridgehead atoms. The van der Waals surface area contributed by atoms with E-state index in [0.717, 1.165) is 26.1 Å². The summed E-state index contributed by atoms with van der Waals surface area (Å²) in [6, 6.07) is 0.226. The number of esters is 1. The molecule has 5 nitrogen and oxygen atoms in total. The molecule has 0 aliphatic heterocycles. The molecule has 0 aliphatic rings. The molecule has 18 heavy (non-hydrogen) atoms. The summed E-state index contributed by atoms with van der Waals surface area (Å²) < 4.78 is 9.89. The Morgan fingerprint density at radius 2 is 1.94 bits per heavy atom. The largest absolute Gasteiger partial charge is 0.468 e. The van der Waals surface area contributed by atoms with Crippen LogP contribution in [0.15, 0.2) is 0 Å². The van der Waals surface area contributed by atoms with Gasteiger partial charge in [-0.25, -0.2) is 0 Å². The highest BCUT2D eigenvalue weighted by atomic mass is 16.5. The van der Waals surface area contributed by atoms with Crippen molar-refractivity contribution in [2.45, 2.75) is 39.3 Å². The van der Waals surface area contributed by atoms with Crippen LogP contribution < -0.4 is 5.32 Å². The number of nitrogens with one attached hydrogen (secondary N) is 1. The first-order valence-electron chi connectivity index (χ1n) is 6.61. The van der Waals surface area contributed by atoms with Crippen LogP contribution in [0.1, 0.15) is 27.2 Å². The molecule has 108 valence electrons. The molecule has 0 aromatic rings. The Hall–Kier alpha value is -0.650. The molecule has 0 fully saturated rings. The van der Waals surface area contributed by atoms with Gasteiger partial charge in [0.25, 0.3) is 0 Å². The molecule has 0 aromatic carbocycles. The third-order valence-electron chi connectivity index (χ3n) is 2.95. The van der Waals surface area contributed by atoms with E-state index in [4.69, 9.17) is 9.47 Å². The second-order valence-electron chi connectivity index (χ2n) is 4.54. The van der Waals surface area contributed by atoms with Gasteiger partial charge in [-0.1, -0.05) is 6.92 Å². The van der Waals surface area contributed by atoms with Crippen LogP contribution in [0.4, 0.5) is 0 Å². The summed E-state index contributed by atoms with van der Waals surface area (Å²) in [6.07, 6.45) is 0.752. The van der Waals surface area contributed by atoms with E-state index in [1.54, 1.807) is 7.11 Å². The quantitative estimate of drug-likeness (QED) is 0.591. The minimum absolute atomic E-state index is 0.188. The van der Waals surface area contributed by atoms with Gasteiger partial charge in [-0.05, 0) is 26.8 Å². The maximum absolute atomic E-state index is 11.6. The highest BCUT2D eigenvalue weighted by Gasteiger charge is 2.19. The molecule has 0 aromatic heterocycles. The van der Waals surface area contributed by atoms with Gasteiger partial charge in [0, 0.05) is 26.2 Å². The van der Waals surface area contributed by atoms with Crippen LogP contribution >= 0.6 is 0 Å². The van der Waals surface area contributed by atoms with Gasteiger partial charge in [0.05, 0.1) is 13.7 Å². The number of rotatable bonds is 10. The molecule has 5 heteroatoms. The molecule has 0 spiro atoms. The SMILES string of the molecule is CCNC(CCN(CCOC)C(C)C)C(=O)OC. The van der Waals surface area contributed by atoms with Gasteiger partial charge in [0.1, 0.15) is 6.04 Å². The third kappa shape index (κ3) is 6.93. The van der Waals surface area contributed by atoms with Crippen molar-refractivity contribution in [3.63, 3.8) is 0 Å². The normalized spacial score (nSPS) is 13.1. The Morgan fingerprint density at radius 3 is 2.39 bits per heavy atom. The fraction of sp³-hybridized carbons (Fsp3) is 0.923. The maximum Gasteiger partial charge on any atom is 0.322 e. The van der Waals surface area contributed by atoms with E-state index >= 15 is 0 Å². The van der Waals surface area contributed by atoms with Gasteiger partial charge in [-0.3, -0.25) is 9.69 Å². The van der Waals surface area contributed by atoms with E-state index in [-0.39, 0.29) is 12.0 Å². The lowest BCUT2D eigenvalue weighted by atomic mass is 10.1. The summed E-state index contributed by atoms with van der Waals surface area (Å²) >= 11 is 0. The molecule has 0 radical (unpaired) electrons. The Balaban J connectivity index is 4.22. The average Bonchev–Trinajstić information content (AvgIpc) is 2.36. The lowest BCUT2D eigenvalue weighted by Gasteiger charge is -2.27. The highest BCUT2D eigenvalue weighted by Crippen LogP contribution is 2.03. The van der Waals surface area contributed by atoms with Crippen molar-refractivity contribution >= 4 is 5.97 Å². The Morgan fingerprint density at radius 1 is 1.28 bits per heavy atom. The lowest BCUT2D eigenvalue weighted by molar-refractivity contribution is -0.143. The van der Waals surface area contributed by atoms with Crippen LogP contribution in [-0.4, -0.2) is 63.4 Å². The number of methoxy groups -OCH3 is 2. The third-order valence-corrected chi connectivity index (χ3v) is 2.95. The zero-order chi connectivity index (χ0) is 14.0. The van der Waals surface area contributed by atoms with Gasteiger partial charge in [0.15, 0.2) is 0 Å². The molecule has 0 saturated heterocycles. The standard InChI is InChI=1S/C13H28N2O3/c1-6-14-12(13(16)18-5)7-8-15(11(2)3)9-10-17-4/h11-12,14H,6-10H2,1-5H3. The van der Waals surface area contributed by atoms with E-state index in [1.807, 2.05) is 6.92 Å². The molecule has 0 aliphatic carbocycles. The Kier molecular flexibility index (Phi) is 9.92. The molecule has 1 unspecified atom stereocenters. The van der Waals surface area contributed by atoms with Gasteiger partial charge in [-0.15, -0.1) is 0 Å². The number of likely N-dealkylation sites (N-methyl/N-ethyl adjacent to an activating group) is 1. The minimum Gasteiger partial charge on any atom is -0.468 e. The predicted molar refractivity (Wildman–Crippen MR) is 72.7 cm³/mol. The van der Waals surface area contributed by atoms with Crippen molar-refractivity contribution < 1.29 is 14.3 Å². The molecule has 0 saturated carbocycles. The fourth-order valence-corrected chi connectivity index (χ4v) is 1.82. The van der Waals surface area contributed by atoms with Gasteiger partial charge < -0.3 is 14.8 Å². The average molecular weight is 260 g/mol. The topological polar surface area (TPSA) is 50.8 Å². The molecular formula is C13H28N2O3. The summed E-state index contributed by atoms with van der Waals surface area (Å²) in [6.45, 7) is 9.50. The Bertz CT molecular complexity index is 222. The first-order valence-corrected chi connectivity index (χ1v) is 6.61. The second-order valence-corrected chi connectivity index (χ2v) is 4.54. The van der Waals surface area contributed by atoms with Gasteiger partial charge in [0.2, 0.25) is 0 Å². The number of ether oxygens (including phenoxy) is 2. The van der Waals surface area contributed by atoms with Crippen LogP contribution in [0.3, 0.4) is 0 Å². The molecule has 0 amide bonds. The lowest BCUT2D eigenvalue weighted by Crippen LogP contribution is -2.42. The van der Waals surface area contributed by atoms with Crippen molar-refractivity contribution in [3.8, 4) is 0 Å². The van der Waals surface area contributed by atoms with Crippen LogP contribution in [-0.2, 0) is 14.3 Å². The molecule has 0 heterocycles. The highest BCUT2D eigenvalue weighted by molar-refractivity contribution is 5.75. The smallest absolute Gasteiger partial charge is 0.322 e. The summed E-state index contributed by atoms with van der Waals surface area (Å²) in [7, 11) is 3.13. The Labute approximate surface area is 111 Å². The van der Waals surface area contributed by atoms with E-state index in [1.165, 1.54) is 7.11 Å². The zero-order valence-corrected chi connectivity index (χ0v) is 12.4. The molecule has 1 N–H and O–H groups in total. The van der Waals surface area contributed by atoms with Crippen molar-refractivity contribution in [2.24, 2.45) is 0 Å². The number of carbonyl (C=O) groups excluding carboxylic acids is 1. The first kappa shape index (κ1) is 17.4. The van der Waals surface area contributed by atoms with Crippen LogP contribution in [0.25, 0.3) is 0 Å². The van der Waals surface area contributed by atoms with E-state index in [0.29, 0.717) is 12.6 Å². The van der Waals surface area contributed by atoms with Gasteiger partial charge >= 0.3 is 5.97 Å². The van der Waals surface area contributed by atoms with Crippen LogP contribution in [0, 0.1) is 0 Å². The summed E-state index contributed by atoms with van der Waals surface area (Å²) in [5, 5.41) is 3.15. The molecule has 0 rings (SSSR count). The first-order chi connectivity index (χ1) is 8.56. The number of carbonyl (C=O) groups is 1. The van der Waals surface area contributed by atoms with Crippen LogP contribution in [0.5, 0.6) is 0 Å². The zero-order valence-electron chi connectivity index (χ0n) is 12.4. The number of hydrogen-bond donors (Lipinski definition) is 1. The second kappa shape index (κ2) is 10.3. The van der Waals surface area contributed by atoms with Crippen molar-refractivity contribution in [2.75, 3.05) is 40.5 Å². The number of nitrogens with zero attached hydrogens (tertiary/aromatic N) is 1. The minimum atomic E-state index is -0.219. The van der Waals surface area contributed by atoms with E-state index < -0.39 is 0 Å². The van der Waals surface area contributed by atoms with Gasteiger partial charge in [-0.2, -0.15) is 0 Å². The monoisotopic (exact) mass is 260 g/mol. The summed E-state index contributed by atoms with van der Waals surface area (Å²) in [5.74, 6) is -0.188. The molecular weight excluding hydrogens is 232 g/mol. The van der Waals surface area contributed by atoms with E-state index in [2.05, 4.69) is 24.1 Å². The predicted octanol–water partition coefficient (Wildman–Crippen LogP) is 0.884. The number of hydrogen-bond acceptors (Lipinski definition) is 5. The fourth-order valence-electron chi connectivity index (χ4n) is 1.82. The van der Waals surface area contributed by atoms with E-state index in [9.17, 15) is 4.79 Å². The van der Waals surface area contributed by atoms with Crippen molar-refractivity contribution in [1.82, 2.24) is 10.2 Å². The van der Waals surface area contributed by atoms with Crippen molar-refractivity contribution in [1.29, 1.82) is 0 Å².